The van der Waals surface area contributed by atoms with E-state index in [1.165, 1.54) is 35.6 Å². The predicted molar refractivity (Wildman–Crippen MR) is 108 cm³/mol. The zero-order valence-corrected chi connectivity index (χ0v) is 16.4. The first kappa shape index (κ1) is 19.0. The van der Waals surface area contributed by atoms with Gasteiger partial charge in [-0.05, 0) is 55.3 Å². The highest BCUT2D eigenvalue weighted by molar-refractivity contribution is 7.89. The lowest BCUT2D eigenvalue weighted by Gasteiger charge is -2.05. The van der Waals surface area contributed by atoms with Crippen molar-refractivity contribution in [2.24, 2.45) is 0 Å². The van der Waals surface area contributed by atoms with Crippen LogP contribution in [0.15, 0.2) is 41.3 Å². The van der Waals surface area contributed by atoms with Gasteiger partial charge in [-0.3, -0.25) is 10.1 Å². The van der Waals surface area contributed by atoms with Crippen molar-refractivity contribution >= 4 is 42.6 Å². The van der Waals surface area contributed by atoms with Gasteiger partial charge in [0.2, 0.25) is 10.0 Å². The summed E-state index contributed by atoms with van der Waals surface area (Å²) in [6, 6.07) is 9.68. The van der Waals surface area contributed by atoms with Crippen LogP contribution < -0.4 is 10.0 Å². The van der Waals surface area contributed by atoms with Crippen LogP contribution in [0.5, 0.6) is 0 Å². The van der Waals surface area contributed by atoms with E-state index in [0.29, 0.717) is 10.7 Å². The molecule has 0 fully saturated rings. The highest BCUT2D eigenvalue weighted by atomic mass is 32.2. The van der Waals surface area contributed by atoms with Crippen molar-refractivity contribution in [3.8, 4) is 12.3 Å². The molecule has 0 saturated heterocycles. The summed E-state index contributed by atoms with van der Waals surface area (Å²) in [6.07, 6.45) is 5.06. The summed E-state index contributed by atoms with van der Waals surface area (Å²) in [7, 11) is -3.68. The maximum Gasteiger partial charge on any atom is 0.257 e. The summed E-state index contributed by atoms with van der Waals surface area (Å²) >= 11 is 1.40. The number of rotatable bonds is 5. The minimum absolute atomic E-state index is 0.0420. The molecule has 138 valence electrons. The summed E-state index contributed by atoms with van der Waals surface area (Å²) in [5.74, 6) is 1.85. The van der Waals surface area contributed by atoms with Crippen LogP contribution in [-0.2, 0) is 10.0 Å². The third-order valence-corrected chi connectivity index (χ3v) is 6.18. The molecule has 27 heavy (non-hydrogen) atoms. The van der Waals surface area contributed by atoms with Crippen molar-refractivity contribution in [2.75, 3.05) is 11.9 Å². The number of nitrogens with one attached hydrogen (secondary N) is 2. The van der Waals surface area contributed by atoms with E-state index in [1.54, 1.807) is 0 Å². The maximum absolute atomic E-state index is 12.4. The molecule has 0 unspecified atom stereocenters. The Morgan fingerprint density at radius 3 is 2.59 bits per heavy atom. The summed E-state index contributed by atoms with van der Waals surface area (Å²) < 4.78 is 27.3. The number of hydrogen-bond donors (Lipinski definition) is 2. The average Bonchev–Trinajstić information content (AvgIpc) is 3.02. The normalized spacial score (nSPS) is 11.3. The molecule has 3 aromatic rings. The Labute approximate surface area is 161 Å². The zero-order chi connectivity index (χ0) is 19.6. The van der Waals surface area contributed by atoms with E-state index in [4.69, 9.17) is 6.42 Å². The molecular weight excluding hydrogens is 382 g/mol. The first-order valence-electron chi connectivity index (χ1n) is 8.02. The average molecular weight is 399 g/mol. The summed E-state index contributed by atoms with van der Waals surface area (Å²) in [6.45, 7) is 3.90. The van der Waals surface area contributed by atoms with Gasteiger partial charge >= 0.3 is 0 Å². The zero-order valence-electron chi connectivity index (χ0n) is 14.7. The van der Waals surface area contributed by atoms with E-state index in [-0.39, 0.29) is 17.3 Å². The van der Waals surface area contributed by atoms with Gasteiger partial charge in [-0.25, -0.2) is 13.4 Å². The van der Waals surface area contributed by atoms with Crippen molar-refractivity contribution in [3.05, 3.63) is 53.1 Å². The molecule has 0 aliphatic heterocycles. The number of nitrogens with zero attached hydrogens (tertiary/aromatic N) is 1. The Morgan fingerprint density at radius 1 is 1.22 bits per heavy atom. The molecule has 0 atom stereocenters. The van der Waals surface area contributed by atoms with E-state index in [0.717, 1.165) is 21.3 Å². The summed E-state index contributed by atoms with van der Waals surface area (Å²) in [5.41, 5.74) is 3.38. The van der Waals surface area contributed by atoms with Gasteiger partial charge in [-0.2, -0.15) is 4.72 Å². The molecule has 0 aliphatic rings. The Kier molecular flexibility index (Phi) is 5.28. The standard InChI is InChI=1S/C19H17N3O3S2/c1-4-9-20-27(24,25)15-7-5-14(6-8-15)18(23)22-19-21-17-13(3)10-12(2)11-16(17)26-19/h1,5-8,10-11,20H,9H2,2-3H3,(H,21,22,23). The minimum atomic E-state index is -3.68. The SMILES string of the molecule is C#CCNS(=O)(=O)c1ccc(C(=O)Nc2nc3c(C)cc(C)cc3s2)cc1. The number of carbonyl (C=O) groups is 1. The molecule has 0 spiro atoms. The minimum Gasteiger partial charge on any atom is -0.298 e. The highest BCUT2D eigenvalue weighted by Crippen LogP contribution is 2.29. The van der Waals surface area contributed by atoms with Crippen LogP contribution in [-0.4, -0.2) is 25.9 Å². The number of anilines is 1. The van der Waals surface area contributed by atoms with E-state index in [9.17, 15) is 13.2 Å². The lowest BCUT2D eigenvalue weighted by molar-refractivity contribution is 0.102. The first-order chi connectivity index (χ1) is 12.8. The monoisotopic (exact) mass is 399 g/mol. The fraction of sp³-hybridized carbons (Fsp3) is 0.158. The van der Waals surface area contributed by atoms with Crippen molar-refractivity contribution in [2.45, 2.75) is 18.7 Å². The van der Waals surface area contributed by atoms with E-state index in [2.05, 4.69) is 20.9 Å². The van der Waals surface area contributed by atoms with Gasteiger partial charge in [0, 0.05) is 5.56 Å². The van der Waals surface area contributed by atoms with Gasteiger partial charge in [0.25, 0.3) is 5.91 Å². The molecule has 3 rings (SSSR count). The first-order valence-corrected chi connectivity index (χ1v) is 10.3. The van der Waals surface area contributed by atoms with Gasteiger partial charge in [0.15, 0.2) is 5.13 Å². The third kappa shape index (κ3) is 4.17. The number of hydrogen-bond acceptors (Lipinski definition) is 5. The van der Waals surface area contributed by atoms with Crippen molar-refractivity contribution in [1.29, 1.82) is 0 Å². The van der Waals surface area contributed by atoms with Crippen molar-refractivity contribution in [3.63, 3.8) is 0 Å². The maximum atomic E-state index is 12.4. The highest BCUT2D eigenvalue weighted by Gasteiger charge is 2.15. The van der Waals surface area contributed by atoms with Crippen LogP contribution in [0.3, 0.4) is 0 Å². The van der Waals surface area contributed by atoms with Crippen molar-refractivity contribution < 1.29 is 13.2 Å². The van der Waals surface area contributed by atoms with Crippen molar-refractivity contribution in [1.82, 2.24) is 9.71 Å². The van der Waals surface area contributed by atoms with E-state index < -0.39 is 10.0 Å². The largest absolute Gasteiger partial charge is 0.298 e. The number of carbonyl (C=O) groups excluding carboxylic acids is 1. The lowest BCUT2D eigenvalue weighted by Crippen LogP contribution is -2.24. The molecule has 0 radical (unpaired) electrons. The van der Waals surface area contributed by atoms with Gasteiger partial charge in [0.1, 0.15) is 0 Å². The number of amides is 1. The van der Waals surface area contributed by atoms with Crippen LogP contribution in [0.4, 0.5) is 5.13 Å². The van der Waals surface area contributed by atoms with Gasteiger partial charge in [-0.1, -0.05) is 23.3 Å². The molecule has 2 N–H and O–H groups in total. The number of terminal acetylenes is 1. The number of thiazole rings is 1. The van der Waals surface area contributed by atoms with Gasteiger partial charge in [0.05, 0.1) is 21.7 Å². The van der Waals surface area contributed by atoms with Crippen LogP contribution in [0.25, 0.3) is 10.2 Å². The number of sulfonamides is 1. The molecule has 0 aliphatic carbocycles. The quantitative estimate of drug-likeness (QED) is 0.646. The van der Waals surface area contributed by atoms with E-state index >= 15 is 0 Å². The van der Waals surface area contributed by atoms with Crippen LogP contribution in [0.2, 0.25) is 0 Å². The molecule has 0 saturated carbocycles. The Hall–Kier alpha value is -2.73. The molecular formula is C19H17N3O3S2. The topological polar surface area (TPSA) is 88.2 Å². The van der Waals surface area contributed by atoms with Gasteiger partial charge < -0.3 is 0 Å². The molecule has 8 heteroatoms. The van der Waals surface area contributed by atoms with Crippen LogP contribution in [0.1, 0.15) is 21.5 Å². The molecule has 1 amide bonds. The number of aryl methyl sites for hydroxylation is 2. The summed E-state index contributed by atoms with van der Waals surface area (Å²) in [4.78, 5) is 17.0. The molecule has 1 heterocycles. The second kappa shape index (κ2) is 7.48. The Balaban J connectivity index is 1.79. The number of benzene rings is 2. The molecule has 2 aromatic carbocycles. The fourth-order valence-corrected chi connectivity index (χ4v) is 4.57. The Bertz CT molecular complexity index is 1160. The number of aromatic nitrogens is 1. The summed E-state index contributed by atoms with van der Waals surface area (Å²) in [5, 5.41) is 3.26. The second-order valence-corrected chi connectivity index (χ2v) is 8.75. The predicted octanol–water partition coefficient (Wildman–Crippen LogP) is 3.08. The molecule has 1 aromatic heterocycles. The third-order valence-electron chi connectivity index (χ3n) is 3.84. The second-order valence-electron chi connectivity index (χ2n) is 5.95. The molecule has 6 nitrogen and oxygen atoms in total. The van der Waals surface area contributed by atoms with Gasteiger partial charge in [-0.15, -0.1) is 6.42 Å². The lowest BCUT2D eigenvalue weighted by atomic mass is 10.1. The molecule has 0 bridgehead atoms. The van der Waals surface area contributed by atoms with Crippen LogP contribution >= 0.6 is 11.3 Å². The smallest absolute Gasteiger partial charge is 0.257 e. The van der Waals surface area contributed by atoms with Crippen LogP contribution in [0, 0.1) is 26.2 Å². The van der Waals surface area contributed by atoms with E-state index in [1.807, 2.05) is 26.0 Å². The Morgan fingerprint density at radius 2 is 1.93 bits per heavy atom. The number of fused-ring (bicyclic) bond motifs is 1. The fourth-order valence-electron chi connectivity index (χ4n) is 2.60.